The van der Waals surface area contributed by atoms with Crippen LogP contribution in [-0.2, 0) is 11.2 Å². The monoisotopic (exact) mass is 229 g/mol. The summed E-state index contributed by atoms with van der Waals surface area (Å²) in [6, 6.07) is 3.68. The Morgan fingerprint density at radius 2 is 2.19 bits per heavy atom. The number of hydrogen-bond donors (Lipinski definition) is 3. The minimum atomic E-state index is -1.05. The fourth-order valence-electron chi connectivity index (χ4n) is 1.19. The van der Waals surface area contributed by atoms with Crippen molar-refractivity contribution in [3.05, 3.63) is 23.8 Å². The SMILES string of the molecule is COc1cc(CC(N)C(=O)O)ccc1O.O. The van der Waals surface area contributed by atoms with Crippen molar-refractivity contribution in [2.75, 3.05) is 7.11 Å². The van der Waals surface area contributed by atoms with Gasteiger partial charge in [0.05, 0.1) is 7.11 Å². The highest BCUT2D eigenvalue weighted by Crippen LogP contribution is 2.26. The smallest absolute Gasteiger partial charge is 0.320 e. The third-order valence-electron chi connectivity index (χ3n) is 2.02. The van der Waals surface area contributed by atoms with Gasteiger partial charge >= 0.3 is 5.97 Å². The number of aromatic hydroxyl groups is 1. The molecule has 6 nitrogen and oxygen atoms in total. The van der Waals surface area contributed by atoms with Gasteiger partial charge in [-0.05, 0) is 24.1 Å². The molecule has 0 heterocycles. The van der Waals surface area contributed by atoms with Gasteiger partial charge in [0, 0.05) is 0 Å². The molecule has 6 N–H and O–H groups in total. The summed E-state index contributed by atoms with van der Waals surface area (Å²) >= 11 is 0. The maximum absolute atomic E-state index is 10.5. The molecule has 0 aromatic heterocycles. The molecule has 1 aromatic rings. The molecule has 0 aliphatic carbocycles. The van der Waals surface area contributed by atoms with E-state index in [2.05, 4.69) is 0 Å². The highest BCUT2D eigenvalue weighted by molar-refractivity contribution is 5.73. The summed E-state index contributed by atoms with van der Waals surface area (Å²) in [6.45, 7) is 0. The number of ether oxygens (including phenoxy) is 1. The van der Waals surface area contributed by atoms with Crippen LogP contribution in [-0.4, -0.2) is 34.8 Å². The first-order chi connectivity index (χ1) is 7.04. The topological polar surface area (TPSA) is 124 Å². The van der Waals surface area contributed by atoms with Crippen LogP contribution in [0.15, 0.2) is 18.2 Å². The summed E-state index contributed by atoms with van der Waals surface area (Å²) in [6.07, 6.45) is 0.200. The molecular weight excluding hydrogens is 214 g/mol. The molecule has 0 saturated carbocycles. The Morgan fingerprint density at radius 3 is 2.69 bits per heavy atom. The first-order valence-electron chi connectivity index (χ1n) is 4.39. The van der Waals surface area contributed by atoms with Gasteiger partial charge < -0.3 is 26.2 Å². The van der Waals surface area contributed by atoms with Gasteiger partial charge in [0.1, 0.15) is 6.04 Å². The maximum Gasteiger partial charge on any atom is 0.320 e. The summed E-state index contributed by atoms with van der Waals surface area (Å²) in [7, 11) is 1.43. The average Bonchev–Trinajstić information content (AvgIpc) is 2.20. The summed E-state index contributed by atoms with van der Waals surface area (Å²) in [5.41, 5.74) is 6.08. The van der Waals surface area contributed by atoms with Crippen LogP contribution in [0.3, 0.4) is 0 Å². The van der Waals surface area contributed by atoms with E-state index in [1.165, 1.54) is 13.2 Å². The molecule has 0 aliphatic rings. The zero-order chi connectivity index (χ0) is 11.4. The Hall–Kier alpha value is -1.79. The van der Waals surface area contributed by atoms with Crippen molar-refractivity contribution in [2.45, 2.75) is 12.5 Å². The first-order valence-corrected chi connectivity index (χ1v) is 4.39. The van der Waals surface area contributed by atoms with E-state index in [4.69, 9.17) is 15.6 Å². The predicted molar refractivity (Wildman–Crippen MR) is 57.6 cm³/mol. The largest absolute Gasteiger partial charge is 0.504 e. The van der Waals surface area contributed by atoms with Crippen molar-refractivity contribution in [1.82, 2.24) is 0 Å². The number of carbonyl (C=O) groups is 1. The van der Waals surface area contributed by atoms with E-state index in [0.717, 1.165) is 0 Å². The summed E-state index contributed by atoms with van der Waals surface area (Å²) in [5.74, 6) is -0.725. The van der Waals surface area contributed by atoms with Crippen molar-refractivity contribution < 1.29 is 25.2 Å². The van der Waals surface area contributed by atoms with Crippen LogP contribution >= 0.6 is 0 Å². The van der Waals surface area contributed by atoms with E-state index in [9.17, 15) is 9.90 Å². The number of nitrogens with two attached hydrogens (primary N) is 1. The Labute approximate surface area is 92.6 Å². The normalized spacial score (nSPS) is 11.4. The molecule has 0 saturated heterocycles. The predicted octanol–water partition coefficient (Wildman–Crippen LogP) is -0.470. The van der Waals surface area contributed by atoms with Crippen LogP contribution in [0.5, 0.6) is 11.5 Å². The van der Waals surface area contributed by atoms with E-state index in [1.807, 2.05) is 0 Å². The summed E-state index contributed by atoms with van der Waals surface area (Å²) in [4.78, 5) is 10.5. The van der Waals surface area contributed by atoms with Gasteiger partial charge in [0.25, 0.3) is 0 Å². The third-order valence-corrected chi connectivity index (χ3v) is 2.02. The molecule has 1 unspecified atom stereocenters. The third kappa shape index (κ3) is 3.41. The molecule has 1 atom stereocenters. The Kier molecular flexibility index (Phi) is 5.27. The van der Waals surface area contributed by atoms with Gasteiger partial charge in [-0.2, -0.15) is 0 Å². The molecule has 0 amide bonds. The minimum Gasteiger partial charge on any atom is -0.504 e. The van der Waals surface area contributed by atoms with E-state index < -0.39 is 12.0 Å². The summed E-state index contributed by atoms with van der Waals surface area (Å²) in [5, 5.41) is 17.9. The lowest BCUT2D eigenvalue weighted by Gasteiger charge is -2.08. The maximum atomic E-state index is 10.5. The highest BCUT2D eigenvalue weighted by atomic mass is 16.5. The fraction of sp³-hybridized carbons (Fsp3) is 0.300. The van der Waals surface area contributed by atoms with E-state index in [1.54, 1.807) is 12.1 Å². The number of rotatable bonds is 4. The van der Waals surface area contributed by atoms with E-state index in [-0.39, 0.29) is 17.6 Å². The molecule has 6 heteroatoms. The van der Waals surface area contributed by atoms with E-state index >= 15 is 0 Å². The standard InChI is InChI=1S/C10H13NO4.H2O/c1-15-9-5-6(2-3-8(9)12)4-7(11)10(13)14;/h2-3,5,7,12H,4,11H2,1H3,(H,13,14);1H2. The number of hydrogen-bond acceptors (Lipinski definition) is 4. The molecule has 0 spiro atoms. The number of phenols is 1. The molecule has 1 rings (SSSR count). The van der Waals surface area contributed by atoms with Gasteiger partial charge in [0.15, 0.2) is 11.5 Å². The molecular formula is C10H15NO5. The number of benzene rings is 1. The number of aliphatic carboxylic acids is 1. The van der Waals surface area contributed by atoms with Crippen molar-refractivity contribution in [1.29, 1.82) is 0 Å². The number of methoxy groups -OCH3 is 1. The van der Waals surface area contributed by atoms with Gasteiger partial charge in [-0.1, -0.05) is 6.07 Å². The molecule has 1 aromatic carbocycles. The Balaban J connectivity index is 0.00000225. The molecule has 16 heavy (non-hydrogen) atoms. The van der Waals surface area contributed by atoms with Crippen LogP contribution in [0, 0.1) is 0 Å². The van der Waals surface area contributed by atoms with Crippen LogP contribution < -0.4 is 10.5 Å². The fourth-order valence-corrected chi connectivity index (χ4v) is 1.19. The van der Waals surface area contributed by atoms with Crippen molar-refractivity contribution in [3.8, 4) is 11.5 Å². The van der Waals surface area contributed by atoms with Crippen LogP contribution in [0.2, 0.25) is 0 Å². The number of phenolic OH excluding ortho intramolecular Hbond substituents is 1. The van der Waals surface area contributed by atoms with Gasteiger partial charge in [0.2, 0.25) is 0 Å². The molecule has 0 aliphatic heterocycles. The van der Waals surface area contributed by atoms with Crippen molar-refractivity contribution >= 4 is 5.97 Å². The van der Waals surface area contributed by atoms with Crippen LogP contribution in [0.4, 0.5) is 0 Å². The second-order valence-electron chi connectivity index (χ2n) is 3.16. The second-order valence-corrected chi connectivity index (χ2v) is 3.16. The van der Waals surface area contributed by atoms with Crippen LogP contribution in [0.1, 0.15) is 5.56 Å². The van der Waals surface area contributed by atoms with Gasteiger partial charge in [-0.25, -0.2) is 0 Å². The Bertz CT molecular complexity index is 366. The minimum absolute atomic E-state index is 0. The zero-order valence-electron chi connectivity index (χ0n) is 8.80. The average molecular weight is 229 g/mol. The molecule has 90 valence electrons. The lowest BCUT2D eigenvalue weighted by molar-refractivity contribution is -0.138. The first kappa shape index (κ1) is 14.2. The van der Waals surface area contributed by atoms with Gasteiger partial charge in [-0.15, -0.1) is 0 Å². The Morgan fingerprint density at radius 1 is 1.56 bits per heavy atom. The molecule has 0 fully saturated rings. The van der Waals surface area contributed by atoms with Crippen LogP contribution in [0.25, 0.3) is 0 Å². The number of carboxylic acids is 1. The zero-order valence-corrected chi connectivity index (χ0v) is 8.80. The van der Waals surface area contributed by atoms with Crippen molar-refractivity contribution in [2.24, 2.45) is 5.73 Å². The molecule has 0 bridgehead atoms. The number of carboxylic acid groups (broad SMARTS) is 1. The summed E-state index contributed by atoms with van der Waals surface area (Å²) < 4.78 is 4.89. The van der Waals surface area contributed by atoms with Gasteiger partial charge in [-0.3, -0.25) is 4.79 Å². The van der Waals surface area contributed by atoms with E-state index in [0.29, 0.717) is 11.3 Å². The quantitative estimate of drug-likeness (QED) is 0.643. The highest BCUT2D eigenvalue weighted by Gasteiger charge is 2.13. The lowest BCUT2D eigenvalue weighted by atomic mass is 10.1. The molecule has 0 radical (unpaired) electrons. The second kappa shape index (κ2) is 5.94. The van der Waals surface area contributed by atoms with Crippen molar-refractivity contribution in [3.63, 3.8) is 0 Å². The lowest BCUT2D eigenvalue weighted by Crippen LogP contribution is -2.32.